The van der Waals surface area contributed by atoms with Crippen LogP contribution in [0.2, 0.25) is 0 Å². The maximum absolute atomic E-state index is 11.2. The number of carbonyl (C=O) groups excluding carboxylic acids is 1. The van der Waals surface area contributed by atoms with Gasteiger partial charge in [-0.25, -0.2) is 14.8 Å². The molecule has 16 heavy (non-hydrogen) atoms. The zero-order valence-electron chi connectivity index (χ0n) is 9.15. The minimum absolute atomic E-state index is 0.0552. The van der Waals surface area contributed by atoms with Gasteiger partial charge in [0.25, 0.3) is 0 Å². The average Bonchev–Trinajstić information content (AvgIpc) is 2.17. The van der Waals surface area contributed by atoms with E-state index in [-0.39, 0.29) is 17.9 Å². The van der Waals surface area contributed by atoms with Gasteiger partial charge in [-0.05, 0) is 13.8 Å². The van der Waals surface area contributed by atoms with Crippen LogP contribution < -0.4 is 5.32 Å². The van der Waals surface area contributed by atoms with Crippen LogP contribution in [0.15, 0.2) is 6.20 Å². The Bertz CT molecular complexity index is 418. The highest BCUT2D eigenvalue weighted by Crippen LogP contribution is 2.04. The maximum atomic E-state index is 11.2. The summed E-state index contributed by atoms with van der Waals surface area (Å²) in [6, 6.07) is 0. The number of rotatable bonds is 4. The summed E-state index contributed by atoms with van der Waals surface area (Å²) < 4.78 is 0. The van der Waals surface area contributed by atoms with E-state index in [2.05, 4.69) is 15.3 Å². The summed E-state index contributed by atoms with van der Waals surface area (Å²) >= 11 is 0. The van der Waals surface area contributed by atoms with E-state index in [0.29, 0.717) is 18.1 Å². The molecule has 0 aliphatic rings. The van der Waals surface area contributed by atoms with Crippen molar-refractivity contribution < 1.29 is 14.7 Å². The van der Waals surface area contributed by atoms with Gasteiger partial charge < -0.3 is 10.4 Å². The van der Waals surface area contributed by atoms with E-state index < -0.39 is 5.97 Å². The van der Waals surface area contributed by atoms with Crippen molar-refractivity contribution in [2.45, 2.75) is 20.3 Å². The molecule has 6 nitrogen and oxygen atoms in total. The molecule has 1 aromatic heterocycles. The summed E-state index contributed by atoms with van der Waals surface area (Å²) in [5.74, 6) is -0.916. The summed E-state index contributed by atoms with van der Waals surface area (Å²) in [6.45, 7) is 3.94. The summed E-state index contributed by atoms with van der Waals surface area (Å²) in [5, 5.41) is 11.4. The Morgan fingerprint density at radius 3 is 2.69 bits per heavy atom. The van der Waals surface area contributed by atoms with Crippen LogP contribution in [0.1, 0.15) is 28.8 Å². The second-order valence-corrected chi connectivity index (χ2v) is 3.22. The zero-order valence-corrected chi connectivity index (χ0v) is 9.15. The van der Waals surface area contributed by atoms with E-state index in [9.17, 15) is 9.59 Å². The summed E-state index contributed by atoms with van der Waals surface area (Å²) in [4.78, 5) is 29.7. The Hall–Kier alpha value is -1.98. The molecule has 0 atom stereocenters. The number of hydrogen-bond donors (Lipinski definition) is 2. The van der Waals surface area contributed by atoms with Crippen molar-refractivity contribution in [1.82, 2.24) is 15.3 Å². The van der Waals surface area contributed by atoms with Crippen LogP contribution in [0, 0.1) is 6.92 Å². The third-order valence-electron chi connectivity index (χ3n) is 1.95. The maximum Gasteiger partial charge on any atom is 0.339 e. The molecule has 0 spiro atoms. The Kier molecular flexibility index (Phi) is 3.93. The molecule has 0 aliphatic heterocycles. The number of nitrogens with one attached hydrogen (secondary N) is 1. The Labute approximate surface area is 92.7 Å². The monoisotopic (exact) mass is 223 g/mol. The van der Waals surface area contributed by atoms with Crippen molar-refractivity contribution in [1.29, 1.82) is 0 Å². The van der Waals surface area contributed by atoms with Crippen LogP contribution in [-0.4, -0.2) is 33.5 Å². The van der Waals surface area contributed by atoms with E-state index >= 15 is 0 Å². The van der Waals surface area contributed by atoms with Crippen LogP contribution in [0.25, 0.3) is 0 Å². The fraction of sp³-hybridized carbons (Fsp3) is 0.400. The highest BCUT2D eigenvalue weighted by Gasteiger charge is 2.11. The fourth-order valence-corrected chi connectivity index (χ4v) is 1.21. The van der Waals surface area contributed by atoms with Crippen LogP contribution >= 0.6 is 0 Å². The largest absolute Gasteiger partial charge is 0.478 e. The fourth-order valence-electron chi connectivity index (χ4n) is 1.21. The van der Waals surface area contributed by atoms with Gasteiger partial charge in [-0.3, -0.25) is 4.79 Å². The standard InChI is InChI=1S/C10H13N3O3/c1-3-11-9(14)4-8-12-5-7(10(15)16)6(2)13-8/h5H,3-4H2,1-2H3,(H,11,14)(H,15,16). The van der Waals surface area contributed by atoms with Gasteiger partial charge in [0.15, 0.2) is 0 Å². The number of aromatic nitrogens is 2. The molecule has 0 saturated heterocycles. The molecule has 0 bridgehead atoms. The molecule has 0 aliphatic carbocycles. The summed E-state index contributed by atoms with van der Waals surface area (Å²) in [7, 11) is 0. The number of carbonyl (C=O) groups is 2. The highest BCUT2D eigenvalue weighted by molar-refractivity contribution is 5.88. The molecule has 2 N–H and O–H groups in total. The van der Waals surface area contributed by atoms with Crippen molar-refractivity contribution in [2.75, 3.05) is 6.54 Å². The van der Waals surface area contributed by atoms with E-state index in [0.717, 1.165) is 0 Å². The molecule has 0 unspecified atom stereocenters. The lowest BCUT2D eigenvalue weighted by atomic mass is 10.2. The van der Waals surface area contributed by atoms with Gasteiger partial charge in [-0.15, -0.1) is 0 Å². The normalized spacial score (nSPS) is 9.88. The molecule has 1 heterocycles. The van der Waals surface area contributed by atoms with Gasteiger partial charge in [-0.2, -0.15) is 0 Å². The molecule has 0 saturated carbocycles. The smallest absolute Gasteiger partial charge is 0.339 e. The van der Waals surface area contributed by atoms with Crippen LogP contribution in [0.5, 0.6) is 0 Å². The van der Waals surface area contributed by atoms with Crippen molar-refractivity contribution in [3.05, 3.63) is 23.3 Å². The Balaban J connectivity index is 2.81. The van der Waals surface area contributed by atoms with Crippen LogP contribution in [0.4, 0.5) is 0 Å². The van der Waals surface area contributed by atoms with Crippen LogP contribution in [0.3, 0.4) is 0 Å². The van der Waals surface area contributed by atoms with Gasteiger partial charge in [0.2, 0.25) is 5.91 Å². The Morgan fingerprint density at radius 1 is 1.50 bits per heavy atom. The molecule has 0 radical (unpaired) electrons. The van der Waals surface area contributed by atoms with E-state index in [4.69, 9.17) is 5.11 Å². The number of aryl methyl sites for hydroxylation is 1. The molecule has 86 valence electrons. The first-order valence-electron chi connectivity index (χ1n) is 4.87. The first kappa shape index (κ1) is 12.1. The first-order valence-corrected chi connectivity index (χ1v) is 4.87. The second kappa shape index (κ2) is 5.20. The van der Waals surface area contributed by atoms with E-state index in [1.165, 1.54) is 6.20 Å². The number of carboxylic acids is 1. The third kappa shape index (κ3) is 3.01. The van der Waals surface area contributed by atoms with Gasteiger partial charge in [0.1, 0.15) is 5.82 Å². The molecule has 0 aromatic carbocycles. The van der Waals surface area contributed by atoms with E-state index in [1.807, 2.05) is 6.92 Å². The lowest BCUT2D eigenvalue weighted by Gasteiger charge is -2.03. The number of hydrogen-bond acceptors (Lipinski definition) is 4. The number of carboxylic acid groups (broad SMARTS) is 1. The SMILES string of the molecule is CCNC(=O)Cc1ncc(C(=O)O)c(C)n1. The van der Waals surface area contributed by atoms with Crippen LogP contribution in [-0.2, 0) is 11.2 Å². The molecular weight excluding hydrogens is 210 g/mol. The first-order chi connectivity index (χ1) is 7.54. The summed E-state index contributed by atoms with van der Waals surface area (Å²) in [6.07, 6.45) is 1.29. The summed E-state index contributed by atoms with van der Waals surface area (Å²) in [5.41, 5.74) is 0.418. The van der Waals surface area contributed by atoms with Crippen molar-refractivity contribution in [3.63, 3.8) is 0 Å². The molecule has 1 rings (SSSR count). The third-order valence-corrected chi connectivity index (χ3v) is 1.95. The van der Waals surface area contributed by atoms with Crippen molar-refractivity contribution >= 4 is 11.9 Å². The van der Waals surface area contributed by atoms with Crippen molar-refractivity contribution in [2.24, 2.45) is 0 Å². The number of nitrogens with zero attached hydrogens (tertiary/aromatic N) is 2. The quantitative estimate of drug-likeness (QED) is 0.758. The zero-order chi connectivity index (χ0) is 12.1. The lowest BCUT2D eigenvalue weighted by Crippen LogP contribution is -2.25. The topological polar surface area (TPSA) is 92.2 Å². The molecule has 1 amide bonds. The van der Waals surface area contributed by atoms with Gasteiger partial charge in [0.05, 0.1) is 17.7 Å². The molecule has 0 fully saturated rings. The second-order valence-electron chi connectivity index (χ2n) is 3.22. The average molecular weight is 223 g/mol. The molecular formula is C10H13N3O3. The van der Waals surface area contributed by atoms with Gasteiger partial charge in [0, 0.05) is 12.7 Å². The van der Waals surface area contributed by atoms with E-state index in [1.54, 1.807) is 6.92 Å². The number of aromatic carboxylic acids is 1. The Morgan fingerprint density at radius 2 is 2.19 bits per heavy atom. The number of likely N-dealkylation sites (N-methyl/N-ethyl adjacent to an activating group) is 1. The van der Waals surface area contributed by atoms with Gasteiger partial charge >= 0.3 is 5.97 Å². The minimum Gasteiger partial charge on any atom is -0.478 e. The predicted molar refractivity (Wildman–Crippen MR) is 56.1 cm³/mol. The number of amides is 1. The van der Waals surface area contributed by atoms with Gasteiger partial charge in [-0.1, -0.05) is 0 Å². The van der Waals surface area contributed by atoms with Crippen molar-refractivity contribution in [3.8, 4) is 0 Å². The molecule has 1 aromatic rings. The molecule has 6 heteroatoms. The highest BCUT2D eigenvalue weighted by atomic mass is 16.4. The lowest BCUT2D eigenvalue weighted by molar-refractivity contribution is -0.120. The predicted octanol–water partition coefficient (Wildman–Crippen LogP) is 0.162. The minimum atomic E-state index is -1.07.